The van der Waals surface area contributed by atoms with Crippen LogP contribution in [0.3, 0.4) is 0 Å². The molecule has 0 aliphatic heterocycles. The van der Waals surface area contributed by atoms with Crippen molar-refractivity contribution in [2.75, 3.05) is 27.9 Å². The molecular formula is C15H19NO6S. The first-order valence-corrected chi connectivity index (χ1v) is 7.10. The quantitative estimate of drug-likeness (QED) is 0.543. The number of thiocarbonyl (C=S) groups is 1. The van der Waals surface area contributed by atoms with E-state index in [2.05, 4.69) is 5.32 Å². The van der Waals surface area contributed by atoms with Gasteiger partial charge in [0.25, 0.3) is 0 Å². The number of carbonyl (C=O) groups excluding carboxylic acids is 1. The highest BCUT2D eigenvalue weighted by Crippen LogP contribution is 2.38. The molecule has 0 saturated carbocycles. The fourth-order valence-electron chi connectivity index (χ4n) is 1.91. The van der Waals surface area contributed by atoms with Gasteiger partial charge in [0.1, 0.15) is 6.54 Å². The molecule has 0 bridgehead atoms. The van der Waals surface area contributed by atoms with Crippen LogP contribution in [-0.2, 0) is 4.79 Å². The summed E-state index contributed by atoms with van der Waals surface area (Å²) < 4.78 is 15.6. The molecule has 1 rings (SSSR count). The van der Waals surface area contributed by atoms with E-state index in [1.807, 2.05) is 0 Å². The lowest BCUT2D eigenvalue weighted by Gasteiger charge is -2.16. The van der Waals surface area contributed by atoms with Crippen molar-refractivity contribution in [3.63, 3.8) is 0 Å². The number of aliphatic carboxylic acids is 1. The van der Waals surface area contributed by atoms with Crippen LogP contribution < -0.4 is 19.5 Å². The second-order valence-electron chi connectivity index (χ2n) is 4.61. The summed E-state index contributed by atoms with van der Waals surface area (Å²) in [4.78, 5) is 23.2. The zero-order valence-corrected chi connectivity index (χ0v) is 14.2. The molecule has 2 N–H and O–H groups in total. The highest BCUT2D eigenvalue weighted by Gasteiger charge is 2.23. The van der Waals surface area contributed by atoms with Crippen LogP contribution >= 0.6 is 12.2 Å². The second kappa shape index (κ2) is 8.33. The molecule has 0 fully saturated rings. The summed E-state index contributed by atoms with van der Waals surface area (Å²) in [6.45, 7) is 1.26. The number of rotatable bonds is 8. The van der Waals surface area contributed by atoms with E-state index in [1.165, 1.54) is 33.5 Å². The molecule has 8 heteroatoms. The maximum Gasteiger partial charge on any atom is 0.322 e. The van der Waals surface area contributed by atoms with Crippen molar-refractivity contribution in [3.05, 3.63) is 17.7 Å². The van der Waals surface area contributed by atoms with Gasteiger partial charge in [-0.05, 0) is 19.1 Å². The number of carboxylic acids is 1. The van der Waals surface area contributed by atoms with Crippen molar-refractivity contribution in [2.45, 2.75) is 6.92 Å². The van der Waals surface area contributed by atoms with Crippen LogP contribution in [-0.4, -0.2) is 49.7 Å². The Kier molecular flexibility index (Phi) is 6.77. The summed E-state index contributed by atoms with van der Waals surface area (Å²) in [6, 6.07) is 3.06. The molecule has 1 aromatic carbocycles. The maximum absolute atomic E-state index is 12.5. The summed E-state index contributed by atoms with van der Waals surface area (Å²) in [5.74, 6) is -0.941. The van der Waals surface area contributed by atoms with Crippen molar-refractivity contribution in [2.24, 2.45) is 5.92 Å². The summed E-state index contributed by atoms with van der Waals surface area (Å²) in [5, 5.41) is 11.2. The Morgan fingerprint density at radius 2 is 1.70 bits per heavy atom. The van der Waals surface area contributed by atoms with E-state index < -0.39 is 11.9 Å². The molecule has 0 spiro atoms. The fraction of sp³-hybridized carbons (Fsp3) is 0.400. The summed E-state index contributed by atoms with van der Waals surface area (Å²) >= 11 is 5.06. The van der Waals surface area contributed by atoms with Gasteiger partial charge in [-0.25, -0.2) is 0 Å². The average Bonchev–Trinajstić information content (AvgIpc) is 2.56. The van der Waals surface area contributed by atoms with Gasteiger partial charge in [0.15, 0.2) is 17.3 Å². The van der Waals surface area contributed by atoms with E-state index >= 15 is 0 Å². The van der Waals surface area contributed by atoms with Gasteiger partial charge in [0, 0.05) is 5.56 Å². The maximum atomic E-state index is 12.5. The smallest absolute Gasteiger partial charge is 0.322 e. The molecule has 1 aromatic rings. The number of ketones is 1. The van der Waals surface area contributed by atoms with Crippen molar-refractivity contribution in [1.82, 2.24) is 5.32 Å². The third-order valence-electron chi connectivity index (χ3n) is 3.15. The van der Waals surface area contributed by atoms with E-state index in [4.69, 9.17) is 31.5 Å². The first kappa shape index (κ1) is 18.7. The number of benzene rings is 1. The molecule has 0 aliphatic carbocycles. The molecule has 23 heavy (non-hydrogen) atoms. The van der Waals surface area contributed by atoms with E-state index in [9.17, 15) is 9.59 Å². The van der Waals surface area contributed by atoms with Crippen molar-refractivity contribution in [3.8, 4) is 17.2 Å². The van der Waals surface area contributed by atoms with Gasteiger partial charge in [-0.15, -0.1) is 0 Å². The number of carbonyl (C=O) groups is 2. The van der Waals surface area contributed by atoms with Crippen molar-refractivity contribution in [1.29, 1.82) is 0 Å². The van der Waals surface area contributed by atoms with Gasteiger partial charge in [-0.1, -0.05) is 12.2 Å². The van der Waals surface area contributed by atoms with Crippen molar-refractivity contribution >= 4 is 29.0 Å². The fourth-order valence-corrected chi connectivity index (χ4v) is 2.09. The van der Waals surface area contributed by atoms with E-state index in [1.54, 1.807) is 6.92 Å². The number of methoxy groups -OCH3 is 3. The Labute approximate surface area is 139 Å². The standard InChI is InChI=1S/C15H19NO6S/c1-8(15(23)16-7-12(17)18)13(19)9-5-10(20-2)14(22-4)11(6-9)21-3/h5-6,8H,7H2,1-4H3,(H,16,23)(H,17,18). The summed E-state index contributed by atoms with van der Waals surface area (Å²) in [6.07, 6.45) is 0. The predicted octanol–water partition coefficient (Wildman–Crippen LogP) is 1.53. The lowest BCUT2D eigenvalue weighted by Crippen LogP contribution is -2.35. The monoisotopic (exact) mass is 341 g/mol. The number of hydrogen-bond donors (Lipinski definition) is 2. The predicted molar refractivity (Wildman–Crippen MR) is 87.8 cm³/mol. The number of Topliss-reactive ketones (excluding diaryl/α,β-unsaturated/α-hetero) is 1. The molecule has 1 unspecified atom stereocenters. The van der Waals surface area contributed by atoms with Gasteiger partial charge < -0.3 is 24.6 Å². The molecule has 0 aromatic heterocycles. The van der Waals surface area contributed by atoms with E-state index in [-0.39, 0.29) is 17.3 Å². The molecule has 0 heterocycles. The van der Waals surface area contributed by atoms with Crippen LogP contribution in [0, 0.1) is 5.92 Å². The lowest BCUT2D eigenvalue weighted by atomic mass is 9.98. The van der Waals surface area contributed by atoms with Crippen molar-refractivity contribution < 1.29 is 28.9 Å². The Morgan fingerprint density at radius 1 is 1.17 bits per heavy atom. The minimum Gasteiger partial charge on any atom is -0.493 e. The molecule has 126 valence electrons. The van der Waals surface area contributed by atoms with Crippen LogP contribution in [0.15, 0.2) is 12.1 Å². The van der Waals surface area contributed by atoms with Gasteiger partial charge in [0.05, 0.1) is 32.2 Å². The average molecular weight is 341 g/mol. The van der Waals surface area contributed by atoms with Gasteiger partial charge in [0.2, 0.25) is 5.75 Å². The SMILES string of the molecule is COc1cc(C(=O)C(C)C(=S)NCC(=O)O)cc(OC)c1OC. The zero-order chi connectivity index (χ0) is 17.6. The van der Waals surface area contributed by atoms with Gasteiger partial charge >= 0.3 is 5.97 Å². The van der Waals surface area contributed by atoms with E-state index in [0.29, 0.717) is 22.8 Å². The normalized spacial score (nSPS) is 11.3. The molecule has 0 radical (unpaired) electrons. The number of nitrogens with one attached hydrogen (secondary N) is 1. The zero-order valence-electron chi connectivity index (χ0n) is 13.3. The minimum absolute atomic E-state index is 0.158. The van der Waals surface area contributed by atoms with Gasteiger partial charge in [-0.2, -0.15) is 0 Å². The first-order valence-electron chi connectivity index (χ1n) is 6.69. The summed E-state index contributed by atoms with van der Waals surface area (Å²) in [5.41, 5.74) is 0.325. The Hall–Kier alpha value is -2.35. The second-order valence-corrected chi connectivity index (χ2v) is 5.05. The number of carboxylic acid groups (broad SMARTS) is 1. The highest BCUT2D eigenvalue weighted by molar-refractivity contribution is 7.80. The van der Waals surface area contributed by atoms with E-state index in [0.717, 1.165) is 0 Å². The third kappa shape index (κ3) is 4.56. The lowest BCUT2D eigenvalue weighted by molar-refractivity contribution is -0.135. The van der Waals surface area contributed by atoms with Crippen LogP contribution in [0.4, 0.5) is 0 Å². The third-order valence-corrected chi connectivity index (χ3v) is 3.65. The molecule has 1 atom stereocenters. The Balaban J connectivity index is 3.07. The first-order chi connectivity index (χ1) is 10.8. The molecule has 7 nitrogen and oxygen atoms in total. The van der Waals surface area contributed by atoms with Gasteiger partial charge in [-0.3, -0.25) is 9.59 Å². The van der Waals surface area contributed by atoms with Crippen LogP contribution in [0.5, 0.6) is 17.2 Å². The van der Waals surface area contributed by atoms with Crippen LogP contribution in [0.25, 0.3) is 0 Å². The Bertz CT molecular complexity index is 591. The largest absolute Gasteiger partial charge is 0.493 e. The number of ether oxygens (including phenoxy) is 3. The van der Waals surface area contributed by atoms with Crippen LogP contribution in [0.1, 0.15) is 17.3 Å². The molecule has 0 saturated heterocycles. The minimum atomic E-state index is -1.06. The van der Waals surface area contributed by atoms with Crippen LogP contribution in [0.2, 0.25) is 0 Å². The Morgan fingerprint density at radius 3 is 2.09 bits per heavy atom. The topological polar surface area (TPSA) is 94.1 Å². The molecule has 0 amide bonds. The molecule has 0 aliphatic rings. The highest BCUT2D eigenvalue weighted by atomic mass is 32.1. The number of hydrogen-bond acceptors (Lipinski definition) is 6. The summed E-state index contributed by atoms with van der Waals surface area (Å²) in [7, 11) is 4.37. The molecular weight excluding hydrogens is 322 g/mol.